The Hall–Kier alpha value is -1.51. The average Bonchev–Trinajstić information content (AvgIpc) is 3.28. The minimum Gasteiger partial charge on any atom is -0.357 e. The third kappa shape index (κ3) is 3.88. The minimum absolute atomic E-state index is 0.0166. The van der Waals surface area contributed by atoms with Gasteiger partial charge in [0.15, 0.2) is 0 Å². The van der Waals surface area contributed by atoms with Crippen LogP contribution in [0.3, 0.4) is 0 Å². The highest BCUT2D eigenvalue weighted by atomic mass is 35.5. The highest BCUT2D eigenvalue weighted by Crippen LogP contribution is 2.57. The van der Waals surface area contributed by atoms with Crippen molar-refractivity contribution in [3.8, 4) is 0 Å². The van der Waals surface area contributed by atoms with Crippen LogP contribution in [-0.2, 0) is 11.3 Å². The van der Waals surface area contributed by atoms with E-state index in [0.717, 1.165) is 0 Å². The predicted molar refractivity (Wildman–Crippen MR) is 81.7 cm³/mol. The number of amides is 1. The molecule has 1 aromatic rings. The van der Waals surface area contributed by atoms with E-state index in [1.807, 2.05) is 0 Å². The van der Waals surface area contributed by atoms with E-state index in [4.69, 9.17) is 17.3 Å². The van der Waals surface area contributed by atoms with Crippen molar-refractivity contribution in [2.24, 2.45) is 11.1 Å². The first-order valence-corrected chi connectivity index (χ1v) is 7.40. The standard InChI is InChI=1S/C14H18ClF3N4O/c1-20-12(19)22-10-6-8(2-3-9(10)15)7-21-11(23)13(4-5-13)14(16,17)18/h2-3,6,12,20,22H,4-5,7,19H2,1H3,(H,21,23). The number of anilines is 1. The van der Waals surface area contributed by atoms with E-state index in [-0.39, 0.29) is 19.4 Å². The van der Waals surface area contributed by atoms with Gasteiger partial charge in [-0.15, -0.1) is 0 Å². The molecule has 23 heavy (non-hydrogen) atoms. The number of nitrogens with two attached hydrogens (primary N) is 1. The monoisotopic (exact) mass is 350 g/mol. The molecule has 2 rings (SSSR count). The smallest absolute Gasteiger partial charge is 0.357 e. The second kappa shape index (κ2) is 6.54. The van der Waals surface area contributed by atoms with Crippen LogP contribution in [0.15, 0.2) is 18.2 Å². The second-order valence-corrected chi connectivity index (χ2v) is 5.89. The van der Waals surface area contributed by atoms with Gasteiger partial charge in [-0.25, -0.2) is 0 Å². The number of carbonyl (C=O) groups is 1. The lowest BCUT2D eigenvalue weighted by Gasteiger charge is -2.19. The molecule has 1 atom stereocenters. The van der Waals surface area contributed by atoms with Crippen molar-refractivity contribution in [1.82, 2.24) is 10.6 Å². The summed E-state index contributed by atoms with van der Waals surface area (Å²) in [5, 5.41) is 8.43. The third-order valence-corrected chi connectivity index (χ3v) is 4.16. The van der Waals surface area contributed by atoms with E-state index < -0.39 is 23.8 Å². The molecule has 0 aromatic heterocycles. The van der Waals surface area contributed by atoms with Gasteiger partial charge >= 0.3 is 6.18 Å². The van der Waals surface area contributed by atoms with E-state index in [2.05, 4.69) is 16.0 Å². The van der Waals surface area contributed by atoms with Crippen molar-refractivity contribution in [2.75, 3.05) is 12.4 Å². The van der Waals surface area contributed by atoms with Crippen molar-refractivity contribution in [2.45, 2.75) is 31.9 Å². The Bertz CT molecular complexity index is 590. The molecule has 0 spiro atoms. The van der Waals surface area contributed by atoms with Crippen LogP contribution >= 0.6 is 11.6 Å². The Balaban J connectivity index is 2.01. The zero-order chi connectivity index (χ0) is 17.3. The molecule has 0 heterocycles. The molecule has 1 fully saturated rings. The van der Waals surface area contributed by atoms with Crippen molar-refractivity contribution in [3.05, 3.63) is 28.8 Å². The summed E-state index contributed by atoms with van der Waals surface area (Å²) in [7, 11) is 1.65. The van der Waals surface area contributed by atoms with Gasteiger partial charge in [0, 0.05) is 6.54 Å². The molecule has 0 bridgehead atoms. The van der Waals surface area contributed by atoms with Crippen LogP contribution in [0.4, 0.5) is 18.9 Å². The molecule has 0 aliphatic heterocycles. The van der Waals surface area contributed by atoms with Crippen LogP contribution < -0.4 is 21.7 Å². The Kier molecular flexibility index (Phi) is 5.07. The van der Waals surface area contributed by atoms with Crippen LogP contribution in [0.25, 0.3) is 0 Å². The number of hydrogen-bond donors (Lipinski definition) is 4. The van der Waals surface area contributed by atoms with Gasteiger partial charge in [-0.1, -0.05) is 17.7 Å². The molecule has 1 amide bonds. The molecule has 0 radical (unpaired) electrons. The van der Waals surface area contributed by atoms with Gasteiger partial charge < -0.3 is 10.6 Å². The third-order valence-electron chi connectivity index (χ3n) is 3.83. The Labute approximate surface area is 136 Å². The quantitative estimate of drug-likeness (QED) is 0.593. The lowest BCUT2D eigenvalue weighted by Crippen LogP contribution is -2.42. The maximum Gasteiger partial charge on any atom is 0.403 e. The second-order valence-electron chi connectivity index (χ2n) is 5.49. The molecule has 1 aliphatic rings. The Morgan fingerprint density at radius 3 is 2.61 bits per heavy atom. The fraction of sp³-hybridized carbons (Fsp3) is 0.500. The molecule has 5 nitrogen and oxygen atoms in total. The predicted octanol–water partition coefficient (Wildman–Crippen LogP) is 2.17. The molecule has 5 N–H and O–H groups in total. The van der Waals surface area contributed by atoms with E-state index >= 15 is 0 Å². The van der Waals surface area contributed by atoms with Gasteiger partial charge in [0.1, 0.15) is 11.7 Å². The van der Waals surface area contributed by atoms with Crippen LogP contribution in [0.5, 0.6) is 0 Å². The van der Waals surface area contributed by atoms with E-state index in [0.29, 0.717) is 16.3 Å². The normalized spacial score (nSPS) is 17.5. The molecule has 0 saturated heterocycles. The fourth-order valence-electron chi connectivity index (χ4n) is 2.15. The SMILES string of the molecule is CNC(N)Nc1cc(CNC(=O)C2(C(F)(F)F)CC2)ccc1Cl. The summed E-state index contributed by atoms with van der Waals surface area (Å²) in [6, 6.07) is 4.85. The maximum atomic E-state index is 12.9. The van der Waals surface area contributed by atoms with Gasteiger partial charge in [-0.05, 0) is 37.6 Å². The zero-order valence-corrected chi connectivity index (χ0v) is 13.2. The number of hydrogen-bond acceptors (Lipinski definition) is 4. The van der Waals surface area contributed by atoms with Crippen LogP contribution in [-0.4, -0.2) is 25.4 Å². The first-order chi connectivity index (χ1) is 10.7. The average molecular weight is 351 g/mol. The lowest BCUT2D eigenvalue weighted by atomic mass is 10.1. The molecule has 9 heteroatoms. The lowest BCUT2D eigenvalue weighted by molar-refractivity contribution is -0.192. The van der Waals surface area contributed by atoms with Crippen molar-refractivity contribution < 1.29 is 18.0 Å². The number of nitrogens with one attached hydrogen (secondary N) is 3. The van der Waals surface area contributed by atoms with Crippen LogP contribution in [0.2, 0.25) is 5.02 Å². The van der Waals surface area contributed by atoms with Crippen molar-refractivity contribution in [1.29, 1.82) is 0 Å². The summed E-state index contributed by atoms with van der Waals surface area (Å²) in [5.74, 6) is -0.985. The van der Waals surface area contributed by atoms with E-state index in [1.54, 1.807) is 25.2 Å². The summed E-state index contributed by atoms with van der Waals surface area (Å²) in [5.41, 5.74) is 4.61. The number of halogens is 4. The van der Waals surface area contributed by atoms with Gasteiger partial charge in [-0.3, -0.25) is 15.8 Å². The summed E-state index contributed by atoms with van der Waals surface area (Å²) >= 11 is 6.02. The first kappa shape index (κ1) is 17.8. The highest BCUT2D eigenvalue weighted by molar-refractivity contribution is 6.33. The summed E-state index contributed by atoms with van der Waals surface area (Å²) in [6.45, 7) is -0.0166. The summed E-state index contributed by atoms with van der Waals surface area (Å²) in [6.07, 6.45) is -5.36. The van der Waals surface area contributed by atoms with Gasteiger partial charge in [0.25, 0.3) is 0 Å². The van der Waals surface area contributed by atoms with Crippen LogP contribution in [0.1, 0.15) is 18.4 Å². The highest BCUT2D eigenvalue weighted by Gasteiger charge is 2.68. The molecule has 1 saturated carbocycles. The summed E-state index contributed by atoms with van der Waals surface area (Å²) < 4.78 is 38.6. The Morgan fingerprint density at radius 2 is 2.09 bits per heavy atom. The molecular weight excluding hydrogens is 333 g/mol. The van der Waals surface area contributed by atoms with E-state index in [9.17, 15) is 18.0 Å². The molecule has 1 aromatic carbocycles. The van der Waals surface area contributed by atoms with Gasteiger partial charge in [-0.2, -0.15) is 13.2 Å². The van der Waals surface area contributed by atoms with Crippen molar-refractivity contribution in [3.63, 3.8) is 0 Å². The number of alkyl halides is 3. The van der Waals surface area contributed by atoms with Crippen LogP contribution in [0, 0.1) is 5.41 Å². The largest absolute Gasteiger partial charge is 0.403 e. The minimum atomic E-state index is -4.51. The van der Waals surface area contributed by atoms with E-state index in [1.165, 1.54) is 0 Å². The maximum absolute atomic E-state index is 12.9. The number of benzene rings is 1. The zero-order valence-electron chi connectivity index (χ0n) is 12.4. The fourth-order valence-corrected chi connectivity index (χ4v) is 2.32. The molecule has 1 unspecified atom stereocenters. The molecule has 1 aliphatic carbocycles. The van der Waals surface area contributed by atoms with Gasteiger partial charge in [0.05, 0.1) is 10.7 Å². The number of carbonyl (C=O) groups excluding carboxylic acids is 1. The topological polar surface area (TPSA) is 79.2 Å². The first-order valence-electron chi connectivity index (χ1n) is 7.02. The Morgan fingerprint density at radius 1 is 1.43 bits per heavy atom. The summed E-state index contributed by atoms with van der Waals surface area (Å²) in [4.78, 5) is 11.8. The molecule has 128 valence electrons. The van der Waals surface area contributed by atoms with Crippen molar-refractivity contribution >= 4 is 23.2 Å². The number of rotatable bonds is 6. The molecular formula is C14H18ClF3N4O. The van der Waals surface area contributed by atoms with Gasteiger partial charge in [0.2, 0.25) is 5.91 Å².